The fraction of sp³-hybridized carbons (Fsp3) is 0.571. The average Bonchev–Trinajstić information content (AvgIpc) is 2.38. The first-order valence-corrected chi connectivity index (χ1v) is 7.56. The molecule has 0 bridgehead atoms. The Kier molecular flexibility index (Phi) is 6.12. The molecule has 0 aliphatic carbocycles. The number of rotatable bonds is 7. The number of benzene rings is 1. The van der Waals surface area contributed by atoms with Gasteiger partial charge in [-0.05, 0) is 38.3 Å². The molecular formula is C14H23FN2S. The standard InChI is InChI=1S/C14H23FN2S/c1-14(11-16,17(2)8-9-18-3)10-12-6-4-5-7-13(12)15/h4-7H,8-11,16H2,1-3H3. The van der Waals surface area contributed by atoms with Gasteiger partial charge in [0, 0.05) is 24.4 Å². The molecule has 0 aromatic heterocycles. The summed E-state index contributed by atoms with van der Waals surface area (Å²) in [6, 6.07) is 6.94. The molecule has 4 heteroatoms. The van der Waals surface area contributed by atoms with Crippen LogP contribution in [-0.2, 0) is 6.42 Å². The molecule has 0 aliphatic heterocycles. The van der Waals surface area contributed by atoms with Crippen molar-refractivity contribution in [2.75, 3.05) is 32.1 Å². The lowest BCUT2D eigenvalue weighted by Gasteiger charge is -2.38. The van der Waals surface area contributed by atoms with E-state index in [1.165, 1.54) is 6.07 Å². The Bertz CT molecular complexity index is 373. The average molecular weight is 270 g/mol. The summed E-state index contributed by atoms with van der Waals surface area (Å²) in [6.07, 6.45) is 2.73. The van der Waals surface area contributed by atoms with E-state index in [2.05, 4.69) is 25.1 Å². The lowest BCUT2D eigenvalue weighted by atomic mass is 9.91. The highest BCUT2D eigenvalue weighted by molar-refractivity contribution is 7.98. The molecule has 2 nitrogen and oxygen atoms in total. The predicted molar refractivity (Wildman–Crippen MR) is 78.6 cm³/mol. The van der Waals surface area contributed by atoms with Gasteiger partial charge < -0.3 is 5.73 Å². The summed E-state index contributed by atoms with van der Waals surface area (Å²) in [5.74, 6) is 0.916. The summed E-state index contributed by atoms with van der Waals surface area (Å²) in [5.41, 5.74) is 6.45. The number of thioether (sulfide) groups is 1. The molecule has 0 saturated heterocycles. The van der Waals surface area contributed by atoms with Gasteiger partial charge in [-0.1, -0.05) is 18.2 Å². The molecule has 0 fully saturated rings. The summed E-state index contributed by atoms with van der Waals surface area (Å²) >= 11 is 1.81. The Hall–Kier alpha value is -0.580. The van der Waals surface area contributed by atoms with Crippen LogP contribution in [-0.4, -0.2) is 42.6 Å². The maximum absolute atomic E-state index is 13.7. The molecule has 0 aliphatic rings. The lowest BCUT2D eigenvalue weighted by molar-refractivity contribution is 0.152. The van der Waals surface area contributed by atoms with Gasteiger partial charge in [-0.15, -0.1) is 0 Å². The maximum Gasteiger partial charge on any atom is 0.126 e. The fourth-order valence-corrected chi connectivity index (χ4v) is 2.37. The lowest BCUT2D eigenvalue weighted by Crippen LogP contribution is -2.52. The van der Waals surface area contributed by atoms with Gasteiger partial charge in [-0.3, -0.25) is 4.90 Å². The van der Waals surface area contributed by atoms with Gasteiger partial charge in [0.2, 0.25) is 0 Å². The van der Waals surface area contributed by atoms with Crippen LogP contribution in [0.15, 0.2) is 24.3 Å². The van der Waals surface area contributed by atoms with E-state index in [4.69, 9.17) is 5.73 Å². The Labute approximate surface area is 114 Å². The summed E-state index contributed by atoms with van der Waals surface area (Å²) in [5, 5.41) is 0. The predicted octanol–water partition coefficient (Wildman–Crippen LogP) is 2.38. The van der Waals surface area contributed by atoms with E-state index in [0.29, 0.717) is 13.0 Å². The van der Waals surface area contributed by atoms with Crippen LogP contribution in [0.4, 0.5) is 4.39 Å². The van der Waals surface area contributed by atoms with Crippen LogP contribution in [0, 0.1) is 5.82 Å². The van der Waals surface area contributed by atoms with Crippen molar-refractivity contribution in [1.82, 2.24) is 4.90 Å². The Morgan fingerprint density at radius 1 is 1.39 bits per heavy atom. The van der Waals surface area contributed by atoms with Gasteiger partial charge in [0.25, 0.3) is 0 Å². The Balaban J connectivity index is 2.79. The van der Waals surface area contributed by atoms with Crippen LogP contribution >= 0.6 is 11.8 Å². The van der Waals surface area contributed by atoms with Gasteiger partial charge in [0.05, 0.1) is 0 Å². The highest BCUT2D eigenvalue weighted by atomic mass is 32.2. The van der Waals surface area contributed by atoms with Crippen LogP contribution in [0.25, 0.3) is 0 Å². The topological polar surface area (TPSA) is 29.3 Å². The van der Waals surface area contributed by atoms with E-state index in [1.54, 1.807) is 6.07 Å². The zero-order chi connectivity index (χ0) is 13.6. The van der Waals surface area contributed by atoms with Gasteiger partial charge in [-0.25, -0.2) is 4.39 Å². The van der Waals surface area contributed by atoms with Crippen molar-refractivity contribution in [3.8, 4) is 0 Å². The van der Waals surface area contributed by atoms with Gasteiger partial charge in [0.1, 0.15) is 5.82 Å². The minimum Gasteiger partial charge on any atom is -0.329 e. The molecule has 0 heterocycles. The molecule has 1 aromatic rings. The molecule has 0 radical (unpaired) electrons. The van der Waals surface area contributed by atoms with E-state index in [-0.39, 0.29) is 11.4 Å². The second-order valence-corrected chi connectivity index (χ2v) is 5.87. The molecule has 102 valence electrons. The van der Waals surface area contributed by atoms with Crippen LogP contribution in [0.3, 0.4) is 0 Å². The van der Waals surface area contributed by atoms with Crippen molar-refractivity contribution >= 4 is 11.8 Å². The number of nitrogens with zero attached hydrogens (tertiary/aromatic N) is 1. The van der Waals surface area contributed by atoms with Crippen molar-refractivity contribution in [1.29, 1.82) is 0 Å². The monoisotopic (exact) mass is 270 g/mol. The van der Waals surface area contributed by atoms with E-state index < -0.39 is 0 Å². The van der Waals surface area contributed by atoms with E-state index in [0.717, 1.165) is 17.9 Å². The number of nitrogens with two attached hydrogens (primary N) is 1. The molecule has 0 spiro atoms. The zero-order valence-corrected chi connectivity index (χ0v) is 12.3. The third-order valence-corrected chi connectivity index (χ3v) is 4.11. The molecule has 2 N–H and O–H groups in total. The Morgan fingerprint density at radius 3 is 2.61 bits per heavy atom. The summed E-state index contributed by atoms with van der Waals surface area (Å²) < 4.78 is 13.7. The van der Waals surface area contributed by atoms with Gasteiger partial charge in [0.15, 0.2) is 0 Å². The molecule has 1 unspecified atom stereocenters. The fourth-order valence-electron chi connectivity index (χ4n) is 1.91. The van der Waals surface area contributed by atoms with E-state index >= 15 is 0 Å². The molecule has 0 amide bonds. The second-order valence-electron chi connectivity index (χ2n) is 4.88. The van der Waals surface area contributed by atoms with Crippen molar-refractivity contribution in [3.63, 3.8) is 0 Å². The van der Waals surface area contributed by atoms with Crippen molar-refractivity contribution in [2.24, 2.45) is 5.73 Å². The van der Waals surface area contributed by atoms with E-state index in [1.807, 2.05) is 23.9 Å². The van der Waals surface area contributed by atoms with Gasteiger partial charge in [-0.2, -0.15) is 11.8 Å². The van der Waals surface area contributed by atoms with Crippen molar-refractivity contribution < 1.29 is 4.39 Å². The minimum absolute atomic E-state index is 0.143. The molecular weight excluding hydrogens is 247 g/mol. The summed E-state index contributed by atoms with van der Waals surface area (Å²) in [6.45, 7) is 3.58. The van der Waals surface area contributed by atoms with Crippen LogP contribution in [0.2, 0.25) is 0 Å². The first-order chi connectivity index (χ1) is 8.53. The normalized spacial score (nSPS) is 14.8. The van der Waals surface area contributed by atoms with Gasteiger partial charge >= 0.3 is 0 Å². The molecule has 1 rings (SSSR count). The zero-order valence-electron chi connectivity index (χ0n) is 11.4. The van der Waals surface area contributed by atoms with Crippen LogP contribution < -0.4 is 5.73 Å². The van der Waals surface area contributed by atoms with Crippen LogP contribution in [0.5, 0.6) is 0 Å². The van der Waals surface area contributed by atoms with E-state index in [9.17, 15) is 4.39 Å². The minimum atomic E-state index is -0.197. The quantitative estimate of drug-likeness (QED) is 0.825. The Morgan fingerprint density at radius 2 is 2.06 bits per heavy atom. The number of hydrogen-bond acceptors (Lipinski definition) is 3. The van der Waals surface area contributed by atoms with Crippen LogP contribution in [0.1, 0.15) is 12.5 Å². The second kappa shape index (κ2) is 7.12. The smallest absolute Gasteiger partial charge is 0.126 e. The molecule has 1 atom stereocenters. The number of hydrogen-bond donors (Lipinski definition) is 1. The third-order valence-electron chi connectivity index (χ3n) is 3.52. The number of likely N-dealkylation sites (N-methyl/N-ethyl adjacent to an activating group) is 1. The first-order valence-electron chi connectivity index (χ1n) is 6.17. The van der Waals surface area contributed by atoms with Crippen molar-refractivity contribution in [2.45, 2.75) is 18.9 Å². The molecule has 0 saturated carbocycles. The maximum atomic E-state index is 13.7. The highest BCUT2D eigenvalue weighted by Gasteiger charge is 2.28. The van der Waals surface area contributed by atoms with Crippen molar-refractivity contribution in [3.05, 3.63) is 35.6 Å². The number of halogens is 1. The molecule has 1 aromatic carbocycles. The summed E-state index contributed by atoms with van der Waals surface area (Å²) in [4.78, 5) is 2.23. The molecule has 18 heavy (non-hydrogen) atoms. The highest BCUT2D eigenvalue weighted by Crippen LogP contribution is 2.20. The SMILES string of the molecule is CSCCN(C)C(C)(CN)Cc1ccccc1F. The third kappa shape index (κ3) is 3.97. The summed E-state index contributed by atoms with van der Waals surface area (Å²) in [7, 11) is 2.06. The largest absolute Gasteiger partial charge is 0.329 e. The first kappa shape index (κ1) is 15.5.